The van der Waals surface area contributed by atoms with Gasteiger partial charge in [0.1, 0.15) is 11.5 Å². The van der Waals surface area contributed by atoms with Gasteiger partial charge in [-0.3, -0.25) is 9.98 Å². The number of nitrogens with zero attached hydrogens (tertiary/aromatic N) is 2. The molecule has 2 rings (SSSR count). The first-order valence-corrected chi connectivity index (χ1v) is 7.52. The first-order chi connectivity index (χ1) is 11.2. The summed E-state index contributed by atoms with van der Waals surface area (Å²) in [4.78, 5) is 8.95. The Morgan fingerprint density at radius 1 is 0.826 bits per heavy atom. The van der Waals surface area contributed by atoms with Gasteiger partial charge in [-0.05, 0) is 66.6 Å². The van der Waals surface area contributed by atoms with Crippen molar-refractivity contribution in [3.63, 3.8) is 0 Å². The van der Waals surface area contributed by atoms with Crippen molar-refractivity contribution in [1.29, 1.82) is 0 Å². The molecule has 4 nitrogen and oxygen atoms in total. The monoisotopic (exact) mass is 310 g/mol. The molecule has 0 aromatic heterocycles. The molecule has 0 aliphatic heterocycles. The van der Waals surface area contributed by atoms with E-state index in [2.05, 4.69) is 9.98 Å². The topological polar surface area (TPSA) is 43.2 Å². The predicted octanol–water partition coefficient (Wildman–Crippen LogP) is 3.63. The van der Waals surface area contributed by atoms with Gasteiger partial charge in [-0.1, -0.05) is 0 Å². The fourth-order valence-electron chi connectivity index (χ4n) is 1.95. The molecule has 0 radical (unpaired) electrons. The zero-order valence-corrected chi connectivity index (χ0v) is 13.8. The molecule has 0 amide bonds. The van der Waals surface area contributed by atoms with E-state index < -0.39 is 0 Å². The number of methoxy groups -OCH3 is 2. The molecule has 2 aromatic rings. The van der Waals surface area contributed by atoms with Crippen molar-refractivity contribution in [2.75, 3.05) is 20.8 Å². The van der Waals surface area contributed by atoms with Crippen LogP contribution in [0.3, 0.4) is 0 Å². The molecule has 4 heteroatoms. The van der Waals surface area contributed by atoms with Crippen molar-refractivity contribution in [3.8, 4) is 11.5 Å². The van der Waals surface area contributed by atoms with Gasteiger partial charge < -0.3 is 9.47 Å². The number of rotatable bonds is 7. The average Bonchev–Trinajstić information content (AvgIpc) is 2.61. The summed E-state index contributed by atoms with van der Waals surface area (Å²) in [5, 5.41) is 0. The van der Waals surface area contributed by atoms with Crippen LogP contribution in [0.15, 0.2) is 58.5 Å². The molecule has 0 aliphatic rings. The van der Waals surface area contributed by atoms with Gasteiger partial charge in [0, 0.05) is 12.4 Å². The highest BCUT2D eigenvalue weighted by Gasteiger charge is 1.97. The van der Waals surface area contributed by atoms with Gasteiger partial charge in [0.2, 0.25) is 0 Å². The Labute approximate surface area is 137 Å². The van der Waals surface area contributed by atoms with Crippen LogP contribution in [0.5, 0.6) is 11.5 Å². The molecule has 0 bridgehead atoms. The first kappa shape index (κ1) is 16.7. The van der Waals surface area contributed by atoms with E-state index in [1.807, 2.05) is 67.9 Å². The Balaban J connectivity index is 1.84. The van der Waals surface area contributed by atoms with Crippen molar-refractivity contribution in [2.45, 2.75) is 13.0 Å². The van der Waals surface area contributed by atoms with Gasteiger partial charge in [-0.25, -0.2) is 0 Å². The lowest BCUT2D eigenvalue weighted by molar-refractivity contribution is 0.414. The summed E-state index contributed by atoms with van der Waals surface area (Å²) in [6.45, 7) is 2.70. The van der Waals surface area contributed by atoms with Crippen LogP contribution in [0, 0.1) is 0 Å². The fourth-order valence-corrected chi connectivity index (χ4v) is 1.95. The van der Waals surface area contributed by atoms with Crippen LogP contribution in [-0.2, 0) is 0 Å². The van der Waals surface area contributed by atoms with Crippen molar-refractivity contribution >= 4 is 12.4 Å². The van der Waals surface area contributed by atoms with Crippen LogP contribution < -0.4 is 9.47 Å². The SMILES string of the molecule is COc1ccc(C=NCC(C)N=Cc2ccc(OC)cc2)cc1. The summed E-state index contributed by atoms with van der Waals surface area (Å²) in [5.41, 5.74) is 2.11. The standard InChI is InChI=1S/C19H22N2O2/c1-15(21-14-17-6-10-19(23-3)11-7-17)12-20-13-16-4-8-18(22-2)9-5-16/h4-11,13-15H,12H2,1-3H3. The minimum atomic E-state index is 0.131. The highest BCUT2D eigenvalue weighted by atomic mass is 16.5. The van der Waals surface area contributed by atoms with E-state index in [0.29, 0.717) is 6.54 Å². The van der Waals surface area contributed by atoms with Crippen LogP contribution in [0.2, 0.25) is 0 Å². The third kappa shape index (κ3) is 5.58. The van der Waals surface area contributed by atoms with Crippen molar-refractivity contribution in [2.24, 2.45) is 9.98 Å². The van der Waals surface area contributed by atoms with Crippen LogP contribution in [0.1, 0.15) is 18.1 Å². The molecule has 0 aliphatic carbocycles. The number of hydrogen-bond donors (Lipinski definition) is 0. The highest BCUT2D eigenvalue weighted by Crippen LogP contribution is 2.11. The highest BCUT2D eigenvalue weighted by molar-refractivity contribution is 5.80. The van der Waals surface area contributed by atoms with Crippen LogP contribution in [-0.4, -0.2) is 39.2 Å². The van der Waals surface area contributed by atoms with Crippen LogP contribution in [0.25, 0.3) is 0 Å². The number of aliphatic imine (C=N–C) groups is 2. The molecule has 1 atom stereocenters. The second kappa shape index (κ2) is 8.73. The molecular formula is C19H22N2O2. The Bertz CT molecular complexity index is 646. The number of hydrogen-bond acceptors (Lipinski definition) is 4. The molecule has 2 aromatic carbocycles. The number of benzene rings is 2. The third-order valence-corrected chi connectivity index (χ3v) is 3.32. The Morgan fingerprint density at radius 3 is 1.78 bits per heavy atom. The first-order valence-electron chi connectivity index (χ1n) is 7.52. The molecule has 0 saturated heterocycles. The maximum absolute atomic E-state index is 5.13. The summed E-state index contributed by atoms with van der Waals surface area (Å²) >= 11 is 0. The normalized spacial score (nSPS) is 12.7. The summed E-state index contributed by atoms with van der Waals surface area (Å²) in [6.07, 6.45) is 3.73. The summed E-state index contributed by atoms with van der Waals surface area (Å²) in [5.74, 6) is 1.69. The zero-order chi connectivity index (χ0) is 16.5. The lowest BCUT2D eigenvalue weighted by Crippen LogP contribution is -2.03. The summed E-state index contributed by atoms with van der Waals surface area (Å²) in [6, 6.07) is 15.7. The van der Waals surface area contributed by atoms with Gasteiger partial charge in [0.25, 0.3) is 0 Å². The molecule has 1 unspecified atom stereocenters. The minimum absolute atomic E-state index is 0.131. The Kier molecular flexibility index (Phi) is 6.36. The molecule has 120 valence electrons. The molecule has 0 spiro atoms. The second-order valence-electron chi connectivity index (χ2n) is 5.17. The Hall–Kier alpha value is -2.62. The van der Waals surface area contributed by atoms with Crippen molar-refractivity contribution < 1.29 is 9.47 Å². The largest absolute Gasteiger partial charge is 0.497 e. The minimum Gasteiger partial charge on any atom is -0.497 e. The zero-order valence-electron chi connectivity index (χ0n) is 13.8. The fraction of sp³-hybridized carbons (Fsp3) is 0.263. The van der Waals surface area contributed by atoms with Crippen LogP contribution in [0.4, 0.5) is 0 Å². The number of ether oxygens (including phenoxy) is 2. The third-order valence-electron chi connectivity index (χ3n) is 3.32. The van der Waals surface area contributed by atoms with Gasteiger partial charge in [0.05, 0.1) is 26.8 Å². The second-order valence-corrected chi connectivity index (χ2v) is 5.17. The Morgan fingerprint density at radius 2 is 1.30 bits per heavy atom. The van der Waals surface area contributed by atoms with E-state index in [0.717, 1.165) is 22.6 Å². The van der Waals surface area contributed by atoms with Crippen molar-refractivity contribution in [1.82, 2.24) is 0 Å². The van der Waals surface area contributed by atoms with E-state index in [4.69, 9.17) is 9.47 Å². The van der Waals surface area contributed by atoms with E-state index >= 15 is 0 Å². The molecular weight excluding hydrogens is 288 g/mol. The molecule has 23 heavy (non-hydrogen) atoms. The summed E-state index contributed by atoms with van der Waals surface area (Å²) in [7, 11) is 3.32. The maximum atomic E-state index is 5.13. The smallest absolute Gasteiger partial charge is 0.118 e. The summed E-state index contributed by atoms with van der Waals surface area (Å²) < 4.78 is 10.3. The molecule has 0 saturated carbocycles. The lowest BCUT2D eigenvalue weighted by Gasteiger charge is -2.03. The lowest BCUT2D eigenvalue weighted by atomic mass is 10.2. The quantitative estimate of drug-likeness (QED) is 0.733. The predicted molar refractivity (Wildman–Crippen MR) is 95.5 cm³/mol. The van der Waals surface area contributed by atoms with E-state index in [1.54, 1.807) is 14.2 Å². The molecule has 0 heterocycles. The average molecular weight is 310 g/mol. The van der Waals surface area contributed by atoms with Crippen LogP contribution >= 0.6 is 0 Å². The van der Waals surface area contributed by atoms with Gasteiger partial charge in [-0.2, -0.15) is 0 Å². The molecule has 0 fully saturated rings. The van der Waals surface area contributed by atoms with E-state index in [9.17, 15) is 0 Å². The van der Waals surface area contributed by atoms with Gasteiger partial charge in [-0.15, -0.1) is 0 Å². The van der Waals surface area contributed by atoms with E-state index in [-0.39, 0.29) is 6.04 Å². The van der Waals surface area contributed by atoms with Crippen molar-refractivity contribution in [3.05, 3.63) is 59.7 Å². The van der Waals surface area contributed by atoms with E-state index in [1.165, 1.54) is 0 Å². The van der Waals surface area contributed by atoms with Gasteiger partial charge >= 0.3 is 0 Å². The maximum Gasteiger partial charge on any atom is 0.118 e. The van der Waals surface area contributed by atoms with Gasteiger partial charge in [0.15, 0.2) is 0 Å². The molecule has 0 N–H and O–H groups in total.